The standard InChI is InChI=1S/C9H15NO3/c10-9(5-8(11)12)4-7-6(9)2-1-3-13-7/h6-7H,1-5,10H2,(H,11,12). The fourth-order valence-corrected chi connectivity index (χ4v) is 2.55. The highest BCUT2D eigenvalue weighted by atomic mass is 16.5. The van der Waals surface area contributed by atoms with Gasteiger partial charge in [-0.3, -0.25) is 4.79 Å². The SMILES string of the molecule is NC1(CC(=O)O)CC2OCCCC21. The molecule has 0 aromatic heterocycles. The zero-order valence-electron chi connectivity index (χ0n) is 7.53. The Morgan fingerprint density at radius 2 is 2.46 bits per heavy atom. The molecule has 2 aliphatic rings. The molecule has 74 valence electrons. The molecule has 0 spiro atoms. The number of carbonyl (C=O) groups is 1. The van der Waals surface area contributed by atoms with E-state index in [0.717, 1.165) is 19.4 Å². The lowest BCUT2D eigenvalue weighted by Crippen LogP contribution is -2.66. The lowest BCUT2D eigenvalue weighted by Gasteiger charge is -2.54. The molecule has 0 bridgehead atoms. The third-order valence-corrected chi connectivity index (χ3v) is 3.24. The minimum atomic E-state index is -0.800. The van der Waals surface area contributed by atoms with Gasteiger partial charge in [0.25, 0.3) is 0 Å². The van der Waals surface area contributed by atoms with Gasteiger partial charge in [-0.1, -0.05) is 0 Å². The van der Waals surface area contributed by atoms with E-state index in [9.17, 15) is 4.79 Å². The van der Waals surface area contributed by atoms with Crippen LogP contribution in [-0.4, -0.2) is 29.3 Å². The first-order valence-corrected chi connectivity index (χ1v) is 4.74. The summed E-state index contributed by atoms with van der Waals surface area (Å²) in [6.07, 6.45) is 3.06. The monoisotopic (exact) mass is 185 g/mol. The number of ether oxygens (including phenoxy) is 1. The Morgan fingerprint density at radius 3 is 3.08 bits per heavy atom. The van der Waals surface area contributed by atoms with E-state index < -0.39 is 11.5 Å². The Balaban J connectivity index is 1.98. The molecule has 13 heavy (non-hydrogen) atoms. The zero-order chi connectivity index (χ0) is 9.47. The van der Waals surface area contributed by atoms with Crippen LogP contribution in [0.5, 0.6) is 0 Å². The molecule has 0 aromatic rings. The predicted molar refractivity (Wildman–Crippen MR) is 46.3 cm³/mol. The van der Waals surface area contributed by atoms with Crippen molar-refractivity contribution in [1.29, 1.82) is 0 Å². The minimum absolute atomic E-state index is 0.0809. The molecule has 4 nitrogen and oxygen atoms in total. The van der Waals surface area contributed by atoms with Gasteiger partial charge in [-0.2, -0.15) is 0 Å². The van der Waals surface area contributed by atoms with Crippen molar-refractivity contribution in [2.45, 2.75) is 37.3 Å². The molecule has 1 heterocycles. The smallest absolute Gasteiger partial charge is 0.305 e. The van der Waals surface area contributed by atoms with Gasteiger partial charge in [-0.15, -0.1) is 0 Å². The van der Waals surface area contributed by atoms with Crippen LogP contribution in [0.2, 0.25) is 0 Å². The number of fused-ring (bicyclic) bond motifs is 1. The summed E-state index contributed by atoms with van der Waals surface area (Å²) < 4.78 is 5.48. The van der Waals surface area contributed by atoms with Gasteiger partial charge in [0.2, 0.25) is 0 Å². The third kappa shape index (κ3) is 1.44. The van der Waals surface area contributed by atoms with Crippen molar-refractivity contribution >= 4 is 5.97 Å². The van der Waals surface area contributed by atoms with E-state index in [1.165, 1.54) is 0 Å². The fraction of sp³-hybridized carbons (Fsp3) is 0.889. The number of rotatable bonds is 2. The lowest BCUT2D eigenvalue weighted by molar-refractivity contribution is -0.155. The highest BCUT2D eigenvalue weighted by Crippen LogP contribution is 2.46. The van der Waals surface area contributed by atoms with Gasteiger partial charge in [-0.25, -0.2) is 0 Å². The van der Waals surface area contributed by atoms with Crippen molar-refractivity contribution in [3.63, 3.8) is 0 Å². The Morgan fingerprint density at radius 1 is 1.69 bits per heavy atom. The molecular weight excluding hydrogens is 170 g/mol. The van der Waals surface area contributed by atoms with E-state index >= 15 is 0 Å². The lowest BCUT2D eigenvalue weighted by atomic mass is 9.60. The zero-order valence-corrected chi connectivity index (χ0v) is 7.53. The van der Waals surface area contributed by atoms with Crippen molar-refractivity contribution in [3.8, 4) is 0 Å². The van der Waals surface area contributed by atoms with Crippen LogP contribution in [0.3, 0.4) is 0 Å². The van der Waals surface area contributed by atoms with Crippen LogP contribution in [-0.2, 0) is 9.53 Å². The van der Waals surface area contributed by atoms with Gasteiger partial charge in [0, 0.05) is 18.1 Å². The normalized spacial score (nSPS) is 43.5. The van der Waals surface area contributed by atoms with Crippen LogP contribution in [0.15, 0.2) is 0 Å². The molecule has 2 rings (SSSR count). The number of carboxylic acids is 1. The number of nitrogens with two attached hydrogens (primary N) is 1. The predicted octanol–water partition coefficient (Wildman–Crippen LogP) is 0.357. The topological polar surface area (TPSA) is 72.6 Å². The molecule has 1 saturated carbocycles. The highest BCUT2D eigenvalue weighted by molar-refractivity contribution is 5.68. The fourth-order valence-electron chi connectivity index (χ4n) is 2.55. The Kier molecular flexibility index (Phi) is 2.04. The van der Waals surface area contributed by atoms with E-state index in [0.29, 0.717) is 6.42 Å². The van der Waals surface area contributed by atoms with Crippen LogP contribution in [0.1, 0.15) is 25.7 Å². The van der Waals surface area contributed by atoms with E-state index in [4.69, 9.17) is 15.6 Å². The second-order valence-electron chi connectivity index (χ2n) is 4.17. The van der Waals surface area contributed by atoms with Gasteiger partial charge in [-0.05, 0) is 19.3 Å². The molecule has 3 unspecified atom stereocenters. The van der Waals surface area contributed by atoms with Gasteiger partial charge in [0.05, 0.1) is 12.5 Å². The molecule has 0 amide bonds. The number of carboxylic acid groups (broad SMARTS) is 1. The Labute approximate surface area is 77.1 Å². The summed E-state index contributed by atoms with van der Waals surface area (Å²) in [5.74, 6) is -0.524. The molecule has 1 saturated heterocycles. The van der Waals surface area contributed by atoms with Gasteiger partial charge in [0.15, 0.2) is 0 Å². The quantitative estimate of drug-likeness (QED) is 0.651. The molecular formula is C9H15NO3. The van der Waals surface area contributed by atoms with Crippen molar-refractivity contribution in [3.05, 3.63) is 0 Å². The summed E-state index contributed by atoms with van der Waals surface area (Å²) in [4.78, 5) is 10.6. The van der Waals surface area contributed by atoms with Crippen LogP contribution in [0, 0.1) is 5.92 Å². The summed E-state index contributed by atoms with van der Waals surface area (Å²) in [6, 6.07) is 0. The van der Waals surface area contributed by atoms with Crippen LogP contribution >= 0.6 is 0 Å². The molecule has 0 aromatic carbocycles. The summed E-state index contributed by atoms with van der Waals surface area (Å²) in [6.45, 7) is 0.810. The van der Waals surface area contributed by atoms with E-state index in [1.54, 1.807) is 0 Å². The molecule has 0 radical (unpaired) electrons. The van der Waals surface area contributed by atoms with Crippen molar-refractivity contribution in [2.24, 2.45) is 11.7 Å². The summed E-state index contributed by atoms with van der Waals surface area (Å²) in [5, 5.41) is 8.68. The van der Waals surface area contributed by atoms with Gasteiger partial charge >= 0.3 is 5.97 Å². The first-order chi connectivity index (χ1) is 6.12. The number of hydrogen-bond acceptors (Lipinski definition) is 3. The summed E-state index contributed by atoms with van der Waals surface area (Å²) in [5.41, 5.74) is 5.51. The summed E-state index contributed by atoms with van der Waals surface area (Å²) in [7, 11) is 0. The van der Waals surface area contributed by atoms with Crippen LogP contribution in [0.4, 0.5) is 0 Å². The van der Waals surface area contributed by atoms with E-state index in [1.807, 2.05) is 0 Å². The molecule has 2 fully saturated rings. The average Bonchev–Trinajstić information content (AvgIpc) is 2.02. The van der Waals surface area contributed by atoms with Crippen molar-refractivity contribution in [1.82, 2.24) is 0 Å². The number of hydrogen-bond donors (Lipinski definition) is 2. The largest absolute Gasteiger partial charge is 0.481 e. The Hall–Kier alpha value is -0.610. The summed E-state index contributed by atoms with van der Waals surface area (Å²) >= 11 is 0. The maximum absolute atomic E-state index is 10.6. The number of aliphatic carboxylic acids is 1. The van der Waals surface area contributed by atoms with Crippen molar-refractivity contribution < 1.29 is 14.6 Å². The third-order valence-electron chi connectivity index (χ3n) is 3.24. The van der Waals surface area contributed by atoms with E-state index in [2.05, 4.69) is 0 Å². The molecule has 3 N–H and O–H groups in total. The highest BCUT2D eigenvalue weighted by Gasteiger charge is 2.53. The first kappa shape index (κ1) is 8.97. The van der Waals surface area contributed by atoms with Gasteiger partial charge in [0.1, 0.15) is 0 Å². The van der Waals surface area contributed by atoms with Crippen LogP contribution in [0.25, 0.3) is 0 Å². The average molecular weight is 185 g/mol. The van der Waals surface area contributed by atoms with Crippen molar-refractivity contribution in [2.75, 3.05) is 6.61 Å². The maximum atomic E-state index is 10.6. The second kappa shape index (κ2) is 2.96. The molecule has 1 aliphatic heterocycles. The van der Waals surface area contributed by atoms with Crippen LogP contribution < -0.4 is 5.73 Å². The Bertz CT molecular complexity index is 231. The maximum Gasteiger partial charge on any atom is 0.305 e. The molecule has 4 heteroatoms. The van der Waals surface area contributed by atoms with E-state index in [-0.39, 0.29) is 18.4 Å². The first-order valence-electron chi connectivity index (χ1n) is 4.74. The minimum Gasteiger partial charge on any atom is -0.481 e. The second-order valence-corrected chi connectivity index (χ2v) is 4.17. The molecule has 1 aliphatic carbocycles. The molecule has 3 atom stereocenters. The van der Waals surface area contributed by atoms with Gasteiger partial charge < -0.3 is 15.6 Å².